The van der Waals surface area contributed by atoms with E-state index >= 15 is 0 Å². The number of amidine groups is 1. The molecule has 0 fully saturated rings. The van der Waals surface area contributed by atoms with Crippen LogP contribution in [0.3, 0.4) is 0 Å². The summed E-state index contributed by atoms with van der Waals surface area (Å²) >= 11 is 1.68. The molecule has 2 aromatic rings. The number of nitrogens with zero attached hydrogens (tertiary/aromatic N) is 3. The number of hydrogen-bond donors (Lipinski definition) is 1. The maximum atomic E-state index is 9.74. The molecule has 1 aromatic heterocycles. The van der Waals surface area contributed by atoms with Crippen LogP contribution in [0.1, 0.15) is 25.1 Å². The molecule has 0 spiro atoms. The Morgan fingerprint density at radius 3 is 2.35 bits per heavy atom. The van der Waals surface area contributed by atoms with Gasteiger partial charge in [-0.1, -0.05) is 17.3 Å². The van der Waals surface area contributed by atoms with Crippen LogP contribution in [0.15, 0.2) is 58.6 Å². The molecule has 5 nitrogen and oxygen atoms in total. The molecule has 0 saturated carbocycles. The fraction of sp³-hybridized carbons (Fsp3) is 0.300. The van der Waals surface area contributed by atoms with E-state index < -0.39 is 0 Å². The molecule has 6 heteroatoms. The van der Waals surface area contributed by atoms with Gasteiger partial charge in [0.05, 0.1) is 5.56 Å². The third-order valence-corrected chi connectivity index (χ3v) is 5.14. The minimum absolute atomic E-state index is 0.130. The van der Waals surface area contributed by atoms with Crippen LogP contribution in [0.4, 0.5) is 0 Å². The number of benzene rings is 1. The Bertz CT molecular complexity index is 821. The Hall–Kier alpha value is -2.47. The van der Waals surface area contributed by atoms with Gasteiger partial charge in [-0.2, -0.15) is 0 Å². The Morgan fingerprint density at radius 1 is 1.12 bits per heavy atom. The highest BCUT2D eigenvalue weighted by atomic mass is 32.2. The van der Waals surface area contributed by atoms with Crippen molar-refractivity contribution in [1.29, 1.82) is 0 Å². The monoisotopic (exact) mass is 369 g/mol. The first kappa shape index (κ1) is 18.3. The lowest BCUT2D eigenvalue weighted by Gasteiger charge is -2.29. The van der Waals surface area contributed by atoms with Crippen molar-refractivity contribution in [3.05, 3.63) is 59.8 Å². The van der Waals surface area contributed by atoms with Crippen LogP contribution >= 0.6 is 11.8 Å². The highest BCUT2D eigenvalue weighted by molar-refractivity contribution is 7.98. The van der Waals surface area contributed by atoms with Gasteiger partial charge in [-0.3, -0.25) is 0 Å². The highest BCUT2D eigenvalue weighted by Gasteiger charge is 2.29. The van der Waals surface area contributed by atoms with Crippen molar-refractivity contribution in [1.82, 2.24) is 9.88 Å². The zero-order chi connectivity index (χ0) is 18.7. The molecule has 0 amide bonds. The standard InChI is InChI=1S/C20H23N3O2S/c1-13-5-12-18(19(22-24)23-14(2)6-7-15(23)3)20(21-13)25-16-8-10-17(26-4)11-9-16/h5-12,14-15,24H,1-4H3/b22-19-. The molecular formula is C20H23N3O2S. The SMILES string of the molecule is CSc1ccc(Oc2nc(C)ccc2/C(=N/O)N2C(C)C=CC2C)cc1. The Balaban J connectivity index is 1.96. The minimum atomic E-state index is 0.130. The molecule has 1 aliphatic heterocycles. The van der Waals surface area contributed by atoms with Gasteiger partial charge in [0.25, 0.3) is 0 Å². The fourth-order valence-corrected chi connectivity index (χ4v) is 3.45. The molecule has 2 heterocycles. The second-order valence-corrected chi connectivity index (χ2v) is 7.16. The summed E-state index contributed by atoms with van der Waals surface area (Å²) in [6.45, 7) is 6.04. The second-order valence-electron chi connectivity index (χ2n) is 6.28. The molecule has 0 radical (unpaired) electrons. The number of oxime groups is 1. The van der Waals surface area contributed by atoms with Crippen LogP contribution < -0.4 is 4.74 Å². The van der Waals surface area contributed by atoms with Crippen molar-refractivity contribution in [2.24, 2.45) is 5.16 Å². The fourth-order valence-electron chi connectivity index (χ4n) is 3.04. The lowest BCUT2D eigenvalue weighted by molar-refractivity contribution is 0.288. The van der Waals surface area contributed by atoms with Gasteiger partial charge in [-0.05, 0) is 63.4 Å². The predicted molar refractivity (Wildman–Crippen MR) is 105 cm³/mol. The molecule has 1 aromatic carbocycles. The van der Waals surface area contributed by atoms with E-state index in [4.69, 9.17) is 4.74 Å². The quantitative estimate of drug-likeness (QED) is 0.212. The van der Waals surface area contributed by atoms with Crippen LogP contribution in [0, 0.1) is 6.92 Å². The van der Waals surface area contributed by atoms with Gasteiger partial charge in [-0.15, -0.1) is 11.8 Å². The molecule has 1 aliphatic rings. The molecule has 26 heavy (non-hydrogen) atoms. The summed E-state index contributed by atoms with van der Waals surface area (Å²) in [5, 5.41) is 13.3. The van der Waals surface area contributed by atoms with E-state index in [9.17, 15) is 5.21 Å². The third kappa shape index (κ3) is 3.70. The van der Waals surface area contributed by atoms with Crippen LogP contribution in [-0.4, -0.2) is 39.3 Å². The topological polar surface area (TPSA) is 58.0 Å². The van der Waals surface area contributed by atoms with E-state index in [1.165, 1.54) is 0 Å². The highest BCUT2D eigenvalue weighted by Crippen LogP contribution is 2.29. The van der Waals surface area contributed by atoms with Gasteiger partial charge in [0, 0.05) is 22.7 Å². The van der Waals surface area contributed by atoms with Crippen LogP contribution in [0.2, 0.25) is 0 Å². The molecule has 0 aliphatic carbocycles. The molecule has 0 bridgehead atoms. The average Bonchev–Trinajstić information content (AvgIpc) is 2.97. The van der Waals surface area contributed by atoms with E-state index in [2.05, 4.69) is 36.1 Å². The zero-order valence-corrected chi connectivity index (χ0v) is 16.2. The lowest BCUT2D eigenvalue weighted by Crippen LogP contribution is -2.40. The van der Waals surface area contributed by atoms with Gasteiger partial charge in [0.15, 0.2) is 5.84 Å². The first-order chi connectivity index (χ1) is 12.5. The van der Waals surface area contributed by atoms with Gasteiger partial charge < -0.3 is 14.8 Å². The average molecular weight is 369 g/mol. The lowest BCUT2D eigenvalue weighted by atomic mass is 10.1. The van der Waals surface area contributed by atoms with Gasteiger partial charge in [0.1, 0.15) is 5.75 Å². The number of rotatable bonds is 4. The summed E-state index contributed by atoms with van der Waals surface area (Å²) in [6, 6.07) is 11.9. The van der Waals surface area contributed by atoms with Gasteiger partial charge in [0.2, 0.25) is 5.88 Å². The van der Waals surface area contributed by atoms with E-state index in [0.717, 1.165) is 10.6 Å². The van der Waals surface area contributed by atoms with Crippen LogP contribution in [0.5, 0.6) is 11.6 Å². The Kier molecular flexibility index (Phi) is 5.52. The van der Waals surface area contributed by atoms with E-state index in [0.29, 0.717) is 23.0 Å². The normalized spacial score (nSPS) is 19.8. The number of aromatic nitrogens is 1. The number of ether oxygens (including phenoxy) is 1. The summed E-state index contributed by atoms with van der Waals surface area (Å²) in [7, 11) is 0. The van der Waals surface area contributed by atoms with Gasteiger partial charge in [-0.25, -0.2) is 4.98 Å². The molecule has 2 unspecified atom stereocenters. The maximum absolute atomic E-state index is 9.74. The molecule has 0 saturated heterocycles. The summed E-state index contributed by atoms with van der Waals surface area (Å²) in [5.41, 5.74) is 1.50. The maximum Gasteiger partial charge on any atom is 0.230 e. The first-order valence-corrected chi connectivity index (χ1v) is 9.74. The third-order valence-electron chi connectivity index (χ3n) is 4.40. The molecule has 136 valence electrons. The van der Waals surface area contributed by atoms with Crippen molar-refractivity contribution >= 4 is 17.6 Å². The Morgan fingerprint density at radius 2 is 1.77 bits per heavy atom. The van der Waals surface area contributed by atoms with Crippen molar-refractivity contribution in [3.63, 3.8) is 0 Å². The van der Waals surface area contributed by atoms with Crippen molar-refractivity contribution in [2.75, 3.05) is 6.26 Å². The van der Waals surface area contributed by atoms with Crippen LogP contribution in [0.25, 0.3) is 0 Å². The number of pyridine rings is 1. The molecule has 1 N–H and O–H groups in total. The number of hydrogen-bond acceptors (Lipinski definition) is 5. The largest absolute Gasteiger partial charge is 0.438 e. The predicted octanol–water partition coefficient (Wildman–Crippen LogP) is 4.69. The van der Waals surface area contributed by atoms with Crippen molar-refractivity contribution in [2.45, 2.75) is 37.8 Å². The smallest absolute Gasteiger partial charge is 0.230 e. The van der Waals surface area contributed by atoms with Gasteiger partial charge >= 0.3 is 0 Å². The van der Waals surface area contributed by atoms with Crippen molar-refractivity contribution < 1.29 is 9.94 Å². The van der Waals surface area contributed by atoms with E-state index in [1.54, 1.807) is 11.8 Å². The molecular weight excluding hydrogens is 346 g/mol. The van der Waals surface area contributed by atoms with Crippen LogP contribution in [-0.2, 0) is 0 Å². The zero-order valence-electron chi connectivity index (χ0n) is 15.4. The number of aryl methyl sites for hydroxylation is 1. The summed E-state index contributed by atoms with van der Waals surface area (Å²) in [5.74, 6) is 1.58. The number of thioether (sulfide) groups is 1. The Labute approximate surface area is 158 Å². The second kappa shape index (κ2) is 7.83. The molecule has 2 atom stereocenters. The summed E-state index contributed by atoms with van der Waals surface area (Å²) in [4.78, 5) is 7.74. The van der Waals surface area contributed by atoms with Crippen molar-refractivity contribution in [3.8, 4) is 11.6 Å². The molecule has 3 rings (SSSR count). The van der Waals surface area contributed by atoms with E-state index in [1.807, 2.05) is 54.5 Å². The minimum Gasteiger partial charge on any atom is -0.438 e. The first-order valence-electron chi connectivity index (χ1n) is 8.52. The summed E-state index contributed by atoms with van der Waals surface area (Å²) < 4.78 is 6.04. The van der Waals surface area contributed by atoms with E-state index in [-0.39, 0.29) is 12.1 Å². The summed E-state index contributed by atoms with van der Waals surface area (Å²) in [6.07, 6.45) is 6.23.